The van der Waals surface area contributed by atoms with Crippen molar-refractivity contribution in [3.05, 3.63) is 59.4 Å². The maximum Gasteiger partial charge on any atom is 0.274 e. The molecule has 1 N–H and O–H groups in total. The number of carbonyl (C=O) groups is 3. The maximum absolute atomic E-state index is 12.7. The quantitative estimate of drug-likeness (QED) is 0.900. The number of aromatic nitrogens is 1. The highest BCUT2D eigenvalue weighted by atomic mass is 16.2. The highest BCUT2D eigenvalue weighted by molar-refractivity contribution is 6.05. The van der Waals surface area contributed by atoms with Crippen LogP contribution < -0.4 is 5.32 Å². The summed E-state index contributed by atoms with van der Waals surface area (Å²) in [5.41, 5.74) is 2.26. The molecule has 1 fully saturated rings. The monoisotopic (exact) mass is 366 g/mol. The van der Waals surface area contributed by atoms with Crippen LogP contribution in [0, 0.1) is 6.92 Å². The molecule has 0 spiro atoms. The van der Waals surface area contributed by atoms with Gasteiger partial charge in [-0.25, -0.2) is 0 Å². The minimum absolute atomic E-state index is 0.0150. The molecular formula is C20H22N4O3. The molecule has 1 aromatic heterocycles. The molecule has 0 saturated carbocycles. The van der Waals surface area contributed by atoms with Gasteiger partial charge in [0.05, 0.1) is 0 Å². The van der Waals surface area contributed by atoms with Crippen LogP contribution in [0.4, 0.5) is 5.69 Å². The van der Waals surface area contributed by atoms with Gasteiger partial charge in [0.1, 0.15) is 5.69 Å². The Hall–Kier alpha value is -3.22. The van der Waals surface area contributed by atoms with Crippen LogP contribution in [0.25, 0.3) is 0 Å². The summed E-state index contributed by atoms with van der Waals surface area (Å²) in [5.74, 6) is -0.507. The van der Waals surface area contributed by atoms with Gasteiger partial charge in [-0.05, 0) is 30.7 Å². The van der Waals surface area contributed by atoms with E-state index < -0.39 is 0 Å². The summed E-state index contributed by atoms with van der Waals surface area (Å²) in [6.07, 6.45) is 1.46. The van der Waals surface area contributed by atoms with E-state index in [1.165, 1.54) is 19.2 Å². The molecule has 7 heteroatoms. The Kier molecular flexibility index (Phi) is 5.49. The van der Waals surface area contributed by atoms with Crippen molar-refractivity contribution < 1.29 is 14.4 Å². The first-order valence-corrected chi connectivity index (χ1v) is 8.83. The number of piperazine rings is 1. The van der Waals surface area contributed by atoms with Crippen LogP contribution in [0.1, 0.15) is 33.3 Å². The van der Waals surface area contributed by atoms with E-state index in [4.69, 9.17) is 0 Å². The summed E-state index contributed by atoms with van der Waals surface area (Å²) in [5, 5.41) is 2.82. The summed E-state index contributed by atoms with van der Waals surface area (Å²) in [6.45, 7) is 5.43. The number of nitrogens with one attached hydrogen (secondary N) is 1. The Labute approximate surface area is 158 Å². The number of hydrogen-bond acceptors (Lipinski definition) is 4. The average Bonchev–Trinajstić information content (AvgIpc) is 2.69. The molecule has 1 aromatic carbocycles. The molecule has 0 radical (unpaired) electrons. The highest BCUT2D eigenvalue weighted by Gasteiger charge is 2.24. The third-order valence-electron chi connectivity index (χ3n) is 4.65. The number of carbonyl (C=O) groups excluding carboxylic acids is 3. The standard InChI is InChI=1S/C20H22N4O3/c1-14-5-3-4-6-17(14)22-19(26)18-13-16(7-8-21-18)20(27)24-11-9-23(10-12-24)15(2)25/h3-8,13H,9-12H2,1-2H3,(H,22,26). The van der Waals surface area contributed by atoms with Crippen molar-refractivity contribution in [3.63, 3.8) is 0 Å². The number of pyridine rings is 1. The van der Waals surface area contributed by atoms with Gasteiger partial charge in [-0.1, -0.05) is 18.2 Å². The van der Waals surface area contributed by atoms with Gasteiger partial charge in [0.2, 0.25) is 5.91 Å². The second-order valence-electron chi connectivity index (χ2n) is 6.50. The van der Waals surface area contributed by atoms with E-state index in [-0.39, 0.29) is 23.4 Å². The van der Waals surface area contributed by atoms with Crippen LogP contribution in [-0.4, -0.2) is 58.7 Å². The van der Waals surface area contributed by atoms with Crippen LogP contribution in [0.5, 0.6) is 0 Å². The molecular weight excluding hydrogens is 344 g/mol. The third kappa shape index (κ3) is 4.31. The first kappa shape index (κ1) is 18.6. The van der Waals surface area contributed by atoms with Crippen LogP contribution in [-0.2, 0) is 4.79 Å². The Morgan fingerprint density at radius 3 is 2.33 bits per heavy atom. The van der Waals surface area contributed by atoms with E-state index in [0.29, 0.717) is 37.4 Å². The highest BCUT2D eigenvalue weighted by Crippen LogP contribution is 2.15. The molecule has 2 heterocycles. The fourth-order valence-electron chi connectivity index (χ4n) is 2.99. The van der Waals surface area contributed by atoms with E-state index >= 15 is 0 Å². The van der Waals surface area contributed by atoms with Gasteiger partial charge in [-0.3, -0.25) is 19.4 Å². The first-order chi connectivity index (χ1) is 13.0. The largest absolute Gasteiger partial charge is 0.339 e. The average molecular weight is 366 g/mol. The zero-order valence-electron chi connectivity index (χ0n) is 15.4. The van der Waals surface area contributed by atoms with E-state index in [0.717, 1.165) is 5.56 Å². The summed E-state index contributed by atoms with van der Waals surface area (Å²) < 4.78 is 0. The zero-order valence-corrected chi connectivity index (χ0v) is 15.4. The number of amides is 3. The van der Waals surface area contributed by atoms with Gasteiger partial charge in [0, 0.05) is 50.6 Å². The van der Waals surface area contributed by atoms with E-state index in [9.17, 15) is 14.4 Å². The smallest absolute Gasteiger partial charge is 0.274 e. The molecule has 1 saturated heterocycles. The summed E-state index contributed by atoms with van der Waals surface area (Å²) in [7, 11) is 0. The van der Waals surface area contributed by atoms with Crippen molar-refractivity contribution in [2.75, 3.05) is 31.5 Å². The summed E-state index contributed by atoms with van der Waals surface area (Å²) in [4.78, 5) is 44.1. The van der Waals surface area contributed by atoms with Gasteiger partial charge in [-0.2, -0.15) is 0 Å². The van der Waals surface area contributed by atoms with Gasteiger partial charge in [-0.15, -0.1) is 0 Å². The first-order valence-electron chi connectivity index (χ1n) is 8.83. The minimum atomic E-state index is -0.361. The van der Waals surface area contributed by atoms with E-state index in [1.807, 2.05) is 31.2 Å². The molecule has 1 aliphatic heterocycles. The lowest BCUT2D eigenvalue weighted by molar-refractivity contribution is -0.130. The lowest BCUT2D eigenvalue weighted by Crippen LogP contribution is -2.50. The summed E-state index contributed by atoms with van der Waals surface area (Å²) >= 11 is 0. The number of benzene rings is 1. The number of anilines is 1. The maximum atomic E-state index is 12.7. The fraction of sp³-hybridized carbons (Fsp3) is 0.300. The van der Waals surface area contributed by atoms with Crippen molar-refractivity contribution in [1.29, 1.82) is 0 Å². The fourth-order valence-corrected chi connectivity index (χ4v) is 2.99. The molecule has 0 unspecified atom stereocenters. The number of nitrogens with zero attached hydrogens (tertiary/aromatic N) is 3. The molecule has 27 heavy (non-hydrogen) atoms. The number of hydrogen-bond donors (Lipinski definition) is 1. The molecule has 0 atom stereocenters. The van der Waals surface area contributed by atoms with Gasteiger partial charge >= 0.3 is 0 Å². The topological polar surface area (TPSA) is 82.6 Å². The van der Waals surface area contributed by atoms with E-state index in [1.54, 1.807) is 15.9 Å². The Morgan fingerprint density at radius 2 is 1.67 bits per heavy atom. The normalized spacial score (nSPS) is 14.0. The van der Waals surface area contributed by atoms with Gasteiger partial charge in [0.25, 0.3) is 11.8 Å². The lowest BCUT2D eigenvalue weighted by Gasteiger charge is -2.34. The lowest BCUT2D eigenvalue weighted by atomic mass is 10.1. The Bertz CT molecular complexity index is 873. The third-order valence-corrected chi connectivity index (χ3v) is 4.65. The molecule has 7 nitrogen and oxygen atoms in total. The minimum Gasteiger partial charge on any atom is -0.339 e. The number of rotatable bonds is 3. The Morgan fingerprint density at radius 1 is 1.00 bits per heavy atom. The Balaban J connectivity index is 1.70. The van der Waals surface area contributed by atoms with Crippen molar-refractivity contribution in [2.24, 2.45) is 0 Å². The van der Waals surface area contributed by atoms with Crippen molar-refractivity contribution >= 4 is 23.4 Å². The molecule has 3 rings (SSSR count). The van der Waals surface area contributed by atoms with Crippen LogP contribution in [0.2, 0.25) is 0 Å². The van der Waals surface area contributed by atoms with E-state index in [2.05, 4.69) is 10.3 Å². The zero-order chi connectivity index (χ0) is 19.4. The second kappa shape index (κ2) is 7.99. The predicted octanol–water partition coefficient (Wildman–Crippen LogP) is 1.95. The SMILES string of the molecule is CC(=O)N1CCN(C(=O)c2ccnc(C(=O)Nc3ccccc3C)c2)CC1. The molecule has 2 aromatic rings. The number of aryl methyl sites for hydroxylation is 1. The van der Waals surface area contributed by atoms with Crippen LogP contribution >= 0.6 is 0 Å². The van der Waals surface area contributed by atoms with Crippen LogP contribution in [0.3, 0.4) is 0 Å². The number of para-hydroxylation sites is 1. The van der Waals surface area contributed by atoms with Crippen LogP contribution in [0.15, 0.2) is 42.6 Å². The van der Waals surface area contributed by atoms with Gasteiger partial charge in [0.15, 0.2) is 0 Å². The summed E-state index contributed by atoms with van der Waals surface area (Å²) in [6, 6.07) is 10.6. The molecule has 0 bridgehead atoms. The molecule has 1 aliphatic rings. The van der Waals surface area contributed by atoms with Crippen molar-refractivity contribution in [3.8, 4) is 0 Å². The molecule has 0 aliphatic carbocycles. The second-order valence-corrected chi connectivity index (χ2v) is 6.50. The predicted molar refractivity (Wildman–Crippen MR) is 102 cm³/mol. The van der Waals surface area contributed by atoms with Crippen molar-refractivity contribution in [1.82, 2.24) is 14.8 Å². The molecule has 3 amide bonds. The molecule has 140 valence electrons. The van der Waals surface area contributed by atoms with Crippen molar-refractivity contribution in [2.45, 2.75) is 13.8 Å². The van der Waals surface area contributed by atoms with Gasteiger partial charge < -0.3 is 15.1 Å².